The van der Waals surface area contributed by atoms with Crippen molar-refractivity contribution in [2.45, 2.75) is 111 Å². The van der Waals surface area contributed by atoms with Gasteiger partial charge in [0.25, 0.3) is 5.56 Å². The highest BCUT2D eigenvalue weighted by Crippen LogP contribution is 2.50. The third-order valence-electron chi connectivity index (χ3n) is 11.0. The third kappa shape index (κ3) is 7.37. The van der Waals surface area contributed by atoms with Crippen molar-refractivity contribution in [3.8, 4) is 11.3 Å². The van der Waals surface area contributed by atoms with E-state index in [1.807, 2.05) is 12.3 Å². The maximum absolute atomic E-state index is 13.9. The first-order chi connectivity index (χ1) is 22.3. The second-order valence-corrected chi connectivity index (χ2v) is 15.8. The molecule has 0 N–H and O–H groups in total. The molecule has 2 saturated carbocycles. The van der Waals surface area contributed by atoms with E-state index in [1.54, 1.807) is 31.7 Å². The molecule has 8 heteroatoms. The molecular weight excluding hydrogens is 584 g/mol. The van der Waals surface area contributed by atoms with Crippen molar-refractivity contribution in [3.63, 3.8) is 0 Å². The van der Waals surface area contributed by atoms with Gasteiger partial charge in [-0.2, -0.15) is 0 Å². The van der Waals surface area contributed by atoms with E-state index >= 15 is 0 Å². The molecule has 1 atom stereocenters. The van der Waals surface area contributed by atoms with Gasteiger partial charge in [0.05, 0.1) is 41.5 Å². The van der Waals surface area contributed by atoms with E-state index in [0.717, 1.165) is 79.1 Å². The first kappa shape index (κ1) is 33.1. The van der Waals surface area contributed by atoms with Crippen molar-refractivity contribution in [1.82, 2.24) is 24.5 Å². The SMILES string of the molecule is CC1=C(C)C(c2nc(CC3CCC(C(C(=O)CCC4(C)CC4)c4cnc(-c5ccn(C)c(=O)c5)cn4)CC3)ncc2C(C)(C)C)=NC1. The van der Waals surface area contributed by atoms with E-state index in [-0.39, 0.29) is 22.8 Å². The Morgan fingerprint density at radius 3 is 2.38 bits per heavy atom. The highest BCUT2D eigenvalue weighted by atomic mass is 16.1. The van der Waals surface area contributed by atoms with Gasteiger partial charge < -0.3 is 4.57 Å². The number of carbonyl (C=O) groups excluding carboxylic acids is 1. The average Bonchev–Trinajstić information content (AvgIpc) is 3.69. The van der Waals surface area contributed by atoms with Crippen molar-refractivity contribution in [2.24, 2.45) is 29.3 Å². The van der Waals surface area contributed by atoms with Crippen LogP contribution in [-0.4, -0.2) is 42.5 Å². The summed E-state index contributed by atoms with van der Waals surface area (Å²) in [5.74, 6) is 1.63. The monoisotopic (exact) mass is 634 g/mol. The zero-order valence-electron chi connectivity index (χ0n) is 29.3. The van der Waals surface area contributed by atoms with E-state index in [1.165, 1.54) is 28.6 Å². The van der Waals surface area contributed by atoms with Crippen LogP contribution in [0.15, 0.2) is 57.9 Å². The Hall–Kier alpha value is -3.81. The summed E-state index contributed by atoms with van der Waals surface area (Å²) >= 11 is 0. The Morgan fingerprint density at radius 2 is 1.79 bits per heavy atom. The summed E-state index contributed by atoms with van der Waals surface area (Å²) in [6.45, 7) is 14.0. The molecule has 2 fully saturated rings. The normalized spacial score (nSPS) is 21.5. The molecule has 0 saturated heterocycles. The predicted molar refractivity (Wildman–Crippen MR) is 187 cm³/mol. The molecule has 248 valence electrons. The molecule has 0 amide bonds. The summed E-state index contributed by atoms with van der Waals surface area (Å²) in [7, 11) is 1.73. The van der Waals surface area contributed by atoms with Crippen molar-refractivity contribution >= 4 is 11.5 Å². The van der Waals surface area contributed by atoms with Crippen LogP contribution in [0, 0.1) is 17.3 Å². The second-order valence-electron chi connectivity index (χ2n) is 15.8. The van der Waals surface area contributed by atoms with Crippen LogP contribution in [0.25, 0.3) is 11.3 Å². The maximum atomic E-state index is 13.9. The number of carbonyl (C=O) groups is 1. The lowest BCUT2D eigenvalue weighted by molar-refractivity contribution is -0.122. The summed E-state index contributed by atoms with van der Waals surface area (Å²) in [6.07, 6.45) is 16.1. The number of ketones is 1. The van der Waals surface area contributed by atoms with Gasteiger partial charge in [-0.05, 0) is 98.7 Å². The Balaban J connectivity index is 1.18. The number of rotatable bonds is 10. The molecule has 3 aromatic rings. The number of aryl methyl sites for hydroxylation is 1. The van der Waals surface area contributed by atoms with Crippen molar-refractivity contribution in [3.05, 3.63) is 81.2 Å². The summed E-state index contributed by atoms with van der Waals surface area (Å²) in [5, 5.41) is 0. The lowest BCUT2D eigenvalue weighted by atomic mass is 9.72. The van der Waals surface area contributed by atoms with Crippen LogP contribution in [-0.2, 0) is 23.7 Å². The molecule has 3 aliphatic rings. The minimum atomic E-state index is -0.254. The average molecular weight is 635 g/mol. The zero-order valence-corrected chi connectivity index (χ0v) is 29.3. The maximum Gasteiger partial charge on any atom is 0.250 e. The number of hydrogen-bond donors (Lipinski definition) is 0. The van der Waals surface area contributed by atoms with E-state index in [9.17, 15) is 9.59 Å². The van der Waals surface area contributed by atoms with Gasteiger partial charge in [0.2, 0.25) is 0 Å². The van der Waals surface area contributed by atoms with Gasteiger partial charge >= 0.3 is 0 Å². The molecule has 2 aliphatic carbocycles. The third-order valence-corrected chi connectivity index (χ3v) is 11.0. The van der Waals surface area contributed by atoms with Crippen molar-refractivity contribution in [1.29, 1.82) is 0 Å². The zero-order chi connectivity index (χ0) is 33.5. The molecular formula is C39H50N6O2. The largest absolute Gasteiger partial charge is 0.319 e. The number of allylic oxidation sites excluding steroid dienone is 1. The minimum absolute atomic E-state index is 0.0804. The number of aliphatic imine (C=N–C) groups is 1. The number of pyridine rings is 1. The molecule has 47 heavy (non-hydrogen) atoms. The van der Waals surface area contributed by atoms with Crippen LogP contribution < -0.4 is 5.56 Å². The standard InChI is InChI=1S/C39H50N6O2/c1-24-20-43-36(25(24)2)37-29(38(3,4)5)21-42-33(44-37)18-26-8-10-27(11-9-26)35(32(46)12-14-39(6)15-16-39)31-23-40-30(22-41-31)28-13-17-45(7)34(47)19-28/h13,17,19,21-23,26-27,35H,8-12,14-16,18,20H2,1-7H3. The minimum Gasteiger partial charge on any atom is -0.319 e. The van der Waals surface area contributed by atoms with Gasteiger partial charge in [-0.15, -0.1) is 0 Å². The molecule has 6 rings (SSSR count). The smallest absolute Gasteiger partial charge is 0.250 e. The second kappa shape index (κ2) is 13.0. The van der Waals surface area contributed by atoms with E-state index < -0.39 is 0 Å². The molecule has 0 radical (unpaired) electrons. The molecule has 4 heterocycles. The van der Waals surface area contributed by atoms with Crippen molar-refractivity contribution < 1.29 is 4.79 Å². The molecule has 1 unspecified atom stereocenters. The summed E-state index contributed by atoms with van der Waals surface area (Å²) < 4.78 is 1.53. The van der Waals surface area contributed by atoms with Crippen LogP contribution in [0.5, 0.6) is 0 Å². The van der Waals surface area contributed by atoms with E-state index in [2.05, 4.69) is 41.5 Å². The van der Waals surface area contributed by atoms with Crippen molar-refractivity contribution in [2.75, 3.05) is 6.54 Å². The van der Waals surface area contributed by atoms with Crippen LogP contribution in [0.3, 0.4) is 0 Å². The fourth-order valence-electron chi connectivity index (χ4n) is 7.19. The Labute approximate surface area is 279 Å². The fraction of sp³-hybridized carbons (Fsp3) is 0.564. The predicted octanol–water partition coefficient (Wildman–Crippen LogP) is 7.35. The van der Waals surface area contributed by atoms with Gasteiger partial charge in [-0.25, -0.2) is 9.97 Å². The summed E-state index contributed by atoms with van der Waals surface area (Å²) in [6, 6.07) is 3.45. The number of hydrogen-bond acceptors (Lipinski definition) is 7. The fourth-order valence-corrected chi connectivity index (χ4v) is 7.19. The molecule has 3 aromatic heterocycles. The van der Waals surface area contributed by atoms with E-state index in [4.69, 9.17) is 24.9 Å². The van der Waals surface area contributed by atoms with Crippen LogP contribution in [0.1, 0.15) is 122 Å². The lowest BCUT2D eigenvalue weighted by Crippen LogP contribution is -2.28. The summed E-state index contributed by atoms with van der Waals surface area (Å²) in [5.41, 5.74) is 7.97. The summed E-state index contributed by atoms with van der Waals surface area (Å²) in [4.78, 5) is 50.5. The highest BCUT2D eigenvalue weighted by Gasteiger charge is 2.40. The van der Waals surface area contributed by atoms with E-state index in [0.29, 0.717) is 29.2 Å². The molecule has 0 spiro atoms. The molecule has 8 nitrogen and oxygen atoms in total. The van der Waals surface area contributed by atoms with Gasteiger partial charge in [0, 0.05) is 55.7 Å². The van der Waals surface area contributed by atoms with Gasteiger partial charge in [0.1, 0.15) is 11.6 Å². The van der Waals surface area contributed by atoms with Gasteiger partial charge in [-0.1, -0.05) is 27.7 Å². The molecule has 0 aromatic carbocycles. The Morgan fingerprint density at radius 1 is 1.04 bits per heavy atom. The van der Waals surface area contributed by atoms with Gasteiger partial charge in [0.15, 0.2) is 0 Å². The number of aromatic nitrogens is 5. The number of Topliss-reactive ketones (excluding diaryl/α,β-unsaturated/α-hetero) is 1. The first-order valence-electron chi connectivity index (χ1n) is 17.4. The topological polar surface area (TPSA) is 103 Å². The Kier molecular flexibility index (Phi) is 9.16. The van der Waals surface area contributed by atoms with Gasteiger partial charge in [-0.3, -0.25) is 24.5 Å². The Bertz CT molecular complexity index is 1770. The lowest BCUT2D eigenvalue weighted by Gasteiger charge is -2.33. The highest BCUT2D eigenvalue weighted by molar-refractivity contribution is 6.13. The number of nitrogens with zero attached hydrogens (tertiary/aromatic N) is 6. The van der Waals surface area contributed by atoms with Crippen LogP contribution >= 0.6 is 0 Å². The quantitative estimate of drug-likeness (QED) is 0.231. The molecule has 1 aliphatic heterocycles. The molecule has 0 bridgehead atoms. The first-order valence-corrected chi connectivity index (χ1v) is 17.4. The van der Waals surface area contributed by atoms with Crippen LogP contribution in [0.4, 0.5) is 0 Å². The van der Waals surface area contributed by atoms with Crippen LogP contribution in [0.2, 0.25) is 0 Å².